The summed E-state index contributed by atoms with van der Waals surface area (Å²) in [4.78, 5) is 19.4. The second kappa shape index (κ2) is 9.20. The highest BCUT2D eigenvalue weighted by Gasteiger charge is 2.50. The topological polar surface area (TPSA) is 77.2 Å². The van der Waals surface area contributed by atoms with Crippen LogP contribution in [-0.2, 0) is 15.1 Å². The van der Waals surface area contributed by atoms with Gasteiger partial charge in [0.1, 0.15) is 5.75 Å². The maximum absolute atomic E-state index is 13.5. The zero-order valence-electron chi connectivity index (χ0n) is 18.5. The number of amides is 1. The van der Waals surface area contributed by atoms with Gasteiger partial charge in [-0.05, 0) is 59.7 Å². The summed E-state index contributed by atoms with van der Waals surface area (Å²) in [6.45, 7) is -2.40. The fourth-order valence-electron chi connectivity index (χ4n) is 4.01. The van der Waals surface area contributed by atoms with E-state index in [0.29, 0.717) is 29.7 Å². The van der Waals surface area contributed by atoms with Gasteiger partial charge < -0.3 is 15.2 Å². The molecule has 0 radical (unpaired) electrons. The number of rotatable bonds is 7. The summed E-state index contributed by atoms with van der Waals surface area (Å²) in [7, 11) is 3.18. The first kappa shape index (κ1) is 22.7. The van der Waals surface area contributed by atoms with Gasteiger partial charge in [-0.2, -0.15) is 8.78 Å². The Labute approximate surface area is 191 Å². The summed E-state index contributed by atoms with van der Waals surface area (Å²) in [5, 5.41) is 0. The summed E-state index contributed by atoms with van der Waals surface area (Å²) in [6, 6.07) is 12.1. The van der Waals surface area contributed by atoms with Crippen molar-refractivity contribution in [1.29, 1.82) is 0 Å². The van der Waals surface area contributed by atoms with Crippen LogP contribution < -0.4 is 10.5 Å². The van der Waals surface area contributed by atoms with Crippen molar-refractivity contribution in [2.24, 2.45) is 10.7 Å². The van der Waals surface area contributed by atoms with Gasteiger partial charge in [0, 0.05) is 26.1 Å². The Morgan fingerprint density at radius 2 is 2.00 bits per heavy atom. The predicted octanol–water partition coefficient (Wildman–Crippen LogP) is 3.58. The molecule has 2 N–H and O–H groups in total. The van der Waals surface area contributed by atoms with Gasteiger partial charge in [-0.15, -0.1) is 0 Å². The first-order valence-corrected chi connectivity index (χ1v) is 10.7. The van der Waals surface area contributed by atoms with Gasteiger partial charge in [-0.25, -0.2) is 4.99 Å². The molecule has 1 heterocycles. The maximum atomic E-state index is 13.5. The van der Waals surface area contributed by atoms with E-state index < -0.39 is 12.2 Å². The minimum Gasteiger partial charge on any atom is -0.435 e. The lowest BCUT2D eigenvalue weighted by molar-refractivity contribution is -0.129. The summed E-state index contributed by atoms with van der Waals surface area (Å²) in [5.74, 6) is 6.12. The predicted molar refractivity (Wildman–Crippen MR) is 120 cm³/mol. The number of carbonyl (C=O) groups excluding carboxylic acids is 1. The van der Waals surface area contributed by atoms with E-state index in [1.54, 1.807) is 32.4 Å². The van der Waals surface area contributed by atoms with E-state index in [-0.39, 0.29) is 23.5 Å². The van der Waals surface area contributed by atoms with Gasteiger partial charge in [0.2, 0.25) is 0 Å². The molecule has 2 aliphatic rings. The number of hydrogen-bond acceptors (Lipinski definition) is 5. The number of nitrogens with two attached hydrogens (primary N) is 1. The molecule has 1 unspecified atom stereocenters. The van der Waals surface area contributed by atoms with Gasteiger partial charge in [-0.1, -0.05) is 30.0 Å². The zero-order valence-corrected chi connectivity index (χ0v) is 18.5. The average Bonchev–Trinajstić information content (AvgIpc) is 3.61. The molecule has 0 bridgehead atoms. The third-order valence-corrected chi connectivity index (χ3v) is 5.85. The van der Waals surface area contributed by atoms with E-state index in [0.717, 1.165) is 18.4 Å². The number of ether oxygens (including phenoxy) is 2. The second-order valence-corrected chi connectivity index (χ2v) is 8.08. The van der Waals surface area contributed by atoms with Crippen LogP contribution in [0.25, 0.3) is 0 Å². The highest BCUT2D eigenvalue weighted by Crippen LogP contribution is 2.48. The third-order valence-electron chi connectivity index (χ3n) is 5.85. The Morgan fingerprint density at radius 1 is 1.24 bits per heavy atom. The lowest BCUT2D eigenvalue weighted by atomic mass is 9.81. The van der Waals surface area contributed by atoms with Gasteiger partial charge in [0.15, 0.2) is 11.5 Å². The van der Waals surface area contributed by atoms with E-state index in [9.17, 15) is 13.6 Å². The first-order chi connectivity index (χ1) is 15.9. The molecule has 0 aromatic heterocycles. The van der Waals surface area contributed by atoms with Crippen LogP contribution in [0, 0.1) is 11.8 Å². The second-order valence-electron chi connectivity index (χ2n) is 8.08. The van der Waals surface area contributed by atoms with Crippen LogP contribution in [-0.4, -0.2) is 44.1 Å². The first-order valence-electron chi connectivity index (χ1n) is 10.7. The maximum Gasteiger partial charge on any atom is 0.387 e. The number of hydrogen-bond donors (Lipinski definition) is 1. The molecule has 6 nitrogen and oxygen atoms in total. The Balaban J connectivity index is 1.83. The van der Waals surface area contributed by atoms with Crippen LogP contribution in [0.1, 0.15) is 47.4 Å². The van der Waals surface area contributed by atoms with Gasteiger partial charge in [-0.3, -0.25) is 9.69 Å². The summed E-state index contributed by atoms with van der Waals surface area (Å²) >= 11 is 0. The average molecular weight is 453 g/mol. The minimum absolute atomic E-state index is 0.0810. The molecule has 1 saturated carbocycles. The number of aliphatic imine (C=N–C) groups is 1. The summed E-state index contributed by atoms with van der Waals surface area (Å²) < 4.78 is 35.6. The zero-order chi connectivity index (χ0) is 23.6. The molecule has 1 fully saturated rings. The lowest BCUT2D eigenvalue weighted by Crippen LogP contribution is -2.41. The molecule has 0 spiro atoms. The van der Waals surface area contributed by atoms with E-state index in [4.69, 9.17) is 15.2 Å². The molecule has 172 valence electrons. The Hall–Kier alpha value is -3.44. The van der Waals surface area contributed by atoms with Crippen LogP contribution in [0.15, 0.2) is 47.5 Å². The number of carbonyl (C=O) groups is 1. The van der Waals surface area contributed by atoms with Gasteiger partial charge in [0.25, 0.3) is 5.91 Å². The van der Waals surface area contributed by atoms with Gasteiger partial charge >= 0.3 is 6.61 Å². The van der Waals surface area contributed by atoms with Crippen LogP contribution in [0.4, 0.5) is 8.78 Å². The van der Waals surface area contributed by atoms with Gasteiger partial charge in [0.05, 0.1) is 6.61 Å². The Morgan fingerprint density at radius 3 is 2.64 bits per heavy atom. The third kappa shape index (κ3) is 4.41. The fraction of sp³-hybridized carbons (Fsp3) is 0.360. The molecule has 2 aromatic carbocycles. The fourth-order valence-corrected chi connectivity index (χ4v) is 4.01. The lowest BCUT2D eigenvalue weighted by Gasteiger charge is -2.27. The summed E-state index contributed by atoms with van der Waals surface area (Å²) in [5.41, 5.74) is 7.15. The van der Waals surface area contributed by atoms with E-state index in [1.807, 2.05) is 18.2 Å². The Bertz CT molecular complexity index is 1150. The smallest absolute Gasteiger partial charge is 0.387 e. The van der Waals surface area contributed by atoms with E-state index >= 15 is 0 Å². The normalized spacial score (nSPS) is 20.0. The quantitative estimate of drug-likeness (QED) is 0.514. The van der Waals surface area contributed by atoms with Crippen molar-refractivity contribution < 1.29 is 23.0 Å². The molecule has 1 aliphatic heterocycles. The number of likely N-dealkylation sites (N-methyl/N-ethyl adjacent to an activating group) is 1. The Kier molecular flexibility index (Phi) is 6.34. The molecular formula is C25H25F2N3O3. The van der Waals surface area contributed by atoms with E-state index in [2.05, 4.69) is 16.8 Å². The molecule has 33 heavy (non-hydrogen) atoms. The summed E-state index contributed by atoms with van der Waals surface area (Å²) in [6.07, 6.45) is 2.33. The number of halogens is 2. The SMILES string of the molecule is COCCC#Cc1cccc(C2(c3ccc(OC(F)F)c(C4CC4)c3)N=C(N)N(C)C2=O)c1. The number of guanidine groups is 1. The number of benzene rings is 2. The van der Waals surface area contributed by atoms with Crippen molar-refractivity contribution in [1.82, 2.24) is 4.90 Å². The molecule has 1 amide bonds. The van der Waals surface area contributed by atoms with Crippen molar-refractivity contribution in [2.75, 3.05) is 20.8 Å². The molecule has 8 heteroatoms. The number of nitrogens with zero attached hydrogens (tertiary/aromatic N) is 2. The van der Waals surface area contributed by atoms with Crippen molar-refractivity contribution in [2.45, 2.75) is 37.3 Å². The highest BCUT2D eigenvalue weighted by molar-refractivity contribution is 6.09. The molecule has 0 saturated heterocycles. The largest absolute Gasteiger partial charge is 0.435 e. The molecule has 4 rings (SSSR count). The monoisotopic (exact) mass is 453 g/mol. The van der Waals surface area contributed by atoms with Crippen LogP contribution >= 0.6 is 0 Å². The number of methoxy groups -OCH3 is 1. The van der Waals surface area contributed by atoms with Crippen molar-refractivity contribution in [3.8, 4) is 17.6 Å². The van der Waals surface area contributed by atoms with Crippen molar-refractivity contribution in [3.63, 3.8) is 0 Å². The van der Waals surface area contributed by atoms with Crippen molar-refractivity contribution >= 4 is 11.9 Å². The highest BCUT2D eigenvalue weighted by atomic mass is 19.3. The molecular weight excluding hydrogens is 428 g/mol. The minimum atomic E-state index is -2.93. The molecule has 1 aliphatic carbocycles. The molecule has 1 atom stereocenters. The van der Waals surface area contributed by atoms with Crippen LogP contribution in [0.3, 0.4) is 0 Å². The number of alkyl halides is 2. The van der Waals surface area contributed by atoms with Crippen LogP contribution in [0.2, 0.25) is 0 Å². The standard InChI is InChI=1S/C25H25F2N3O3/c1-30-22(31)25(29-24(30)28,18-8-5-7-16(14-18)6-3-4-13-32-2)19-11-12-21(33-23(26)27)20(15-19)17-9-10-17/h5,7-8,11-12,14-15,17,23H,4,9-10,13H2,1-2H3,(H2,28,29). The molecule has 2 aromatic rings. The van der Waals surface area contributed by atoms with Crippen LogP contribution in [0.5, 0.6) is 5.75 Å². The van der Waals surface area contributed by atoms with Crippen molar-refractivity contribution in [3.05, 3.63) is 64.7 Å². The van der Waals surface area contributed by atoms with E-state index in [1.165, 1.54) is 11.0 Å².